The topological polar surface area (TPSA) is 59.8 Å². The highest BCUT2D eigenvalue weighted by atomic mass is 32.2. The normalized spacial score (nSPS) is 15.4. The van der Waals surface area contributed by atoms with Crippen LogP contribution in [0, 0.1) is 0 Å². The van der Waals surface area contributed by atoms with Crippen LogP contribution < -0.4 is 5.32 Å². The lowest BCUT2D eigenvalue weighted by atomic mass is 10.1. The van der Waals surface area contributed by atoms with E-state index in [1.165, 1.54) is 29.3 Å². The van der Waals surface area contributed by atoms with E-state index in [4.69, 9.17) is 4.98 Å². The van der Waals surface area contributed by atoms with Gasteiger partial charge < -0.3 is 5.32 Å². The minimum Gasteiger partial charge on any atom is -0.325 e. The molecule has 1 heterocycles. The van der Waals surface area contributed by atoms with Crippen LogP contribution in [0.15, 0.2) is 53.7 Å². The molecular formula is C22H22N4OS. The summed E-state index contributed by atoms with van der Waals surface area (Å²) < 4.78 is 1.93. The van der Waals surface area contributed by atoms with E-state index in [-0.39, 0.29) is 5.91 Å². The lowest BCUT2D eigenvalue weighted by Crippen LogP contribution is -2.14. The Labute approximate surface area is 168 Å². The number of para-hydroxylation sites is 1. The zero-order valence-electron chi connectivity index (χ0n) is 15.6. The second kappa shape index (κ2) is 7.43. The van der Waals surface area contributed by atoms with E-state index in [1.54, 1.807) is 0 Å². The van der Waals surface area contributed by atoms with Crippen LogP contribution in [-0.2, 0) is 17.6 Å². The van der Waals surface area contributed by atoms with E-state index in [2.05, 4.69) is 22.5 Å². The quantitative estimate of drug-likeness (QED) is 0.635. The van der Waals surface area contributed by atoms with Crippen molar-refractivity contribution in [2.75, 3.05) is 11.1 Å². The number of hydrogen-bond donors (Lipinski definition) is 1. The Bertz CT molecular complexity index is 1010. The summed E-state index contributed by atoms with van der Waals surface area (Å²) in [5.41, 5.74) is 4.68. The number of benzene rings is 2. The summed E-state index contributed by atoms with van der Waals surface area (Å²) in [6, 6.07) is 16.3. The molecular weight excluding hydrogens is 368 g/mol. The van der Waals surface area contributed by atoms with E-state index in [9.17, 15) is 4.79 Å². The number of rotatable bonds is 6. The largest absolute Gasteiger partial charge is 0.325 e. The van der Waals surface area contributed by atoms with Crippen LogP contribution in [0.25, 0.3) is 5.69 Å². The van der Waals surface area contributed by atoms with Crippen LogP contribution in [0.4, 0.5) is 5.69 Å². The molecule has 5 nitrogen and oxygen atoms in total. The van der Waals surface area contributed by atoms with Gasteiger partial charge in [-0.15, -0.1) is 5.10 Å². The third-order valence-electron chi connectivity index (χ3n) is 5.27. The number of nitrogens with one attached hydrogen (secondary N) is 1. The van der Waals surface area contributed by atoms with Crippen molar-refractivity contribution < 1.29 is 4.79 Å². The van der Waals surface area contributed by atoms with Crippen molar-refractivity contribution in [1.82, 2.24) is 14.8 Å². The van der Waals surface area contributed by atoms with Crippen LogP contribution in [-0.4, -0.2) is 26.4 Å². The number of hydrogen-bond acceptors (Lipinski definition) is 4. The third-order valence-corrected chi connectivity index (χ3v) is 6.11. The molecule has 6 heteroatoms. The monoisotopic (exact) mass is 390 g/mol. The van der Waals surface area contributed by atoms with Gasteiger partial charge in [-0.05, 0) is 67.5 Å². The predicted molar refractivity (Wildman–Crippen MR) is 111 cm³/mol. The van der Waals surface area contributed by atoms with Crippen LogP contribution in [0.3, 0.4) is 0 Å². The molecule has 0 radical (unpaired) electrons. The van der Waals surface area contributed by atoms with Gasteiger partial charge in [-0.25, -0.2) is 9.67 Å². The number of nitrogens with zero attached hydrogens (tertiary/aromatic N) is 3. The molecule has 2 aliphatic carbocycles. The first kappa shape index (κ1) is 17.5. The van der Waals surface area contributed by atoms with Gasteiger partial charge in [0.1, 0.15) is 5.82 Å². The van der Waals surface area contributed by atoms with Crippen molar-refractivity contribution >= 4 is 23.4 Å². The highest BCUT2D eigenvalue weighted by Gasteiger charge is 2.30. The molecule has 142 valence electrons. The summed E-state index contributed by atoms with van der Waals surface area (Å²) in [5, 5.41) is 8.33. The Balaban J connectivity index is 1.26. The lowest BCUT2D eigenvalue weighted by Gasteiger charge is -2.06. The molecule has 0 bridgehead atoms. The van der Waals surface area contributed by atoms with Crippen LogP contribution in [0.5, 0.6) is 0 Å². The molecule has 0 unspecified atom stereocenters. The van der Waals surface area contributed by atoms with Gasteiger partial charge in [0, 0.05) is 11.6 Å². The second-order valence-electron chi connectivity index (χ2n) is 7.45. The van der Waals surface area contributed by atoms with Crippen LogP contribution >= 0.6 is 11.8 Å². The maximum Gasteiger partial charge on any atom is 0.234 e. The SMILES string of the molecule is O=C(CSc1nc(C2CC2)n(-c2ccccc2)n1)Nc1ccc2c(c1)CCC2. The molecule has 0 saturated heterocycles. The highest BCUT2D eigenvalue weighted by molar-refractivity contribution is 7.99. The number of thioether (sulfide) groups is 1. The molecule has 1 N–H and O–H groups in total. The zero-order valence-corrected chi connectivity index (χ0v) is 16.4. The summed E-state index contributed by atoms with van der Waals surface area (Å²) in [5.74, 6) is 1.78. The molecule has 1 saturated carbocycles. The molecule has 1 fully saturated rings. The number of amides is 1. The van der Waals surface area contributed by atoms with E-state index >= 15 is 0 Å². The van der Waals surface area contributed by atoms with Gasteiger partial charge in [0.2, 0.25) is 11.1 Å². The van der Waals surface area contributed by atoms with Crippen molar-refractivity contribution in [3.8, 4) is 5.69 Å². The first-order valence-corrected chi connectivity index (χ1v) is 10.8. The number of anilines is 1. The van der Waals surface area contributed by atoms with Gasteiger partial charge in [0.25, 0.3) is 0 Å². The van der Waals surface area contributed by atoms with Gasteiger partial charge in [-0.2, -0.15) is 0 Å². The lowest BCUT2D eigenvalue weighted by molar-refractivity contribution is -0.113. The van der Waals surface area contributed by atoms with Crippen molar-refractivity contribution in [2.45, 2.75) is 43.2 Å². The Morgan fingerprint density at radius 3 is 2.75 bits per heavy atom. The standard InChI is InChI=1S/C22H22N4OS/c27-20(23-18-12-11-15-5-4-6-17(15)13-18)14-28-22-24-21(16-9-10-16)26(25-22)19-7-2-1-3-8-19/h1-3,7-8,11-13,16H,4-6,9-10,14H2,(H,23,27). The Kier molecular flexibility index (Phi) is 4.64. The summed E-state index contributed by atoms with van der Waals surface area (Å²) in [4.78, 5) is 17.1. The Morgan fingerprint density at radius 1 is 1.11 bits per heavy atom. The van der Waals surface area contributed by atoms with E-state index in [0.717, 1.165) is 42.9 Å². The van der Waals surface area contributed by atoms with E-state index in [0.29, 0.717) is 16.8 Å². The summed E-state index contributed by atoms with van der Waals surface area (Å²) in [6.07, 6.45) is 5.79. The van der Waals surface area contributed by atoms with Crippen LogP contribution in [0.2, 0.25) is 0 Å². The molecule has 0 aliphatic heterocycles. The number of carbonyl (C=O) groups excluding carboxylic acids is 1. The van der Waals surface area contributed by atoms with Gasteiger partial charge in [0.05, 0.1) is 11.4 Å². The fourth-order valence-electron chi connectivity index (χ4n) is 3.71. The molecule has 1 aromatic heterocycles. The van der Waals surface area contributed by atoms with Crippen molar-refractivity contribution in [3.63, 3.8) is 0 Å². The minimum absolute atomic E-state index is 0.0213. The Hall–Kier alpha value is -2.60. The minimum atomic E-state index is -0.0213. The molecule has 0 spiro atoms. The molecule has 2 aromatic carbocycles. The van der Waals surface area contributed by atoms with Crippen molar-refractivity contribution in [3.05, 3.63) is 65.5 Å². The maximum atomic E-state index is 12.4. The molecule has 2 aliphatic rings. The van der Waals surface area contributed by atoms with E-state index in [1.807, 2.05) is 41.1 Å². The first-order chi connectivity index (χ1) is 13.8. The van der Waals surface area contributed by atoms with Crippen molar-refractivity contribution in [1.29, 1.82) is 0 Å². The summed E-state index contributed by atoms with van der Waals surface area (Å²) >= 11 is 1.39. The van der Waals surface area contributed by atoms with Crippen molar-refractivity contribution in [2.24, 2.45) is 0 Å². The second-order valence-corrected chi connectivity index (χ2v) is 8.39. The molecule has 5 rings (SSSR count). The van der Waals surface area contributed by atoms with Gasteiger partial charge in [0.15, 0.2) is 0 Å². The first-order valence-electron chi connectivity index (χ1n) is 9.83. The molecule has 0 atom stereocenters. The summed E-state index contributed by atoms with van der Waals surface area (Å²) in [7, 11) is 0. The third kappa shape index (κ3) is 3.69. The summed E-state index contributed by atoms with van der Waals surface area (Å²) in [6.45, 7) is 0. The smallest absolute Gasteiger partial charge is 0.234 e. The van der Waals surface area contributed by atoms with Gasteiger partial charge >= 0.3 is 0 Å². The number of fused-ring (bicyclic) bond motifs is 1. The zero-order chi connectivity index (χ0) is 18.9. The van der Waals surface area contributed by atoms with E-state index < -0.39 is 0 Å². The number of aryl methyl sites for hydroxylation is 2. The maximum absolute atomic E-state index is 12.4. The fourth-order valence-corrected chi connectivity index (χ4v) is 4.34. The van der Waals surface area contributed by atoms with Gasteiger partial charge in [-0.3, -0.25) is 4.79 Å². The average molecular weight is 391 g/mol. The predicted octanol–water partition coefficient (Wildman–Crippen LogP) is 4.36. The highest BCUT2D eigenvalue weighted by Crippen LogP contribution is 2.40. The average Bonchev–Trinajstić information content (AvgIpc) is 3.30. The molecule has 1 amide bonds. The number of carbonyl (C=O) groups is 1. The number of aromatic nitrogens is 3. The Morgan fingerprint density at radius 2 is 1.93 bits per heavy atom. The molecule has 28 heavy (non-hydrogen) atoms. The van der Waals surface area contributed by atoms with Gasteiger partial charge in [-0.1, -0.05) is 36.0 Å². The fraction of sp³-hybridized carbons (Fsp3) is 0.318. The molecule has 3 aromatic rings. The van der Waals surface area contributed by atoms with Crippen LogP contribution in [0.1, 0.15) is 42.1 Å².